The summed E-state index contributed by atoms with van der Waals surface area (Å²) in [4.78, 5) is 41.7. The van der Waals surface area contributed by atoms with Gasteiger partial charge in [0.25, 0.3) is 0 Å². The molecule has 0 spiro atoms. The summed E-state index contributed by atoms with van der Waals surface area (Å²) in [5, 5.41) is 0. The molecular formula is C31H38O9Si. The SMILES string of the molecule is CCOC(=O)[C@@]12C=C(C(=O)OCc3ccccc3)[C@@](CC)(O[C@H](Cc3ccccc3)[C@@]1(O[Si](C)(C)C)C(=O)OC)O2. The van der Waals surface area contributed by atoms with Gasteiger partial charge in [0.2, 0.25) is 17.0 Å². The first kappa shape index (κ1) is 30.6. The van der Waals surface area contributed by atoms with Crippen molar-refractivity contribution >= 4 is 26.2 Å². The Morgan fingerprint density at radius 1 is 0.878 bits per heavy atom. The van der Waals surface area contributed by atoms with Crippen LogP contribution in [0.5, 0.6) is 0 Å². The molecule has 9 nitrogen and oxygen atoms in total. The van der Waals surface area contributed by atoms with Crippen molar-refractivity contribution in [2.45, 2.75) is 76.0 Å². The Balaban J connectivity index is 1.93. The van der Waals surface area contributed by atoms with Gasteiger partial charge in [-0.2, -0.15) is 0 Å². The van der Waals surface area contributed by atoms with Crippen LogP contribution in [-0.2, 0) is 55.5 Å². The van der Waals surface area contributed by atoms with E-state index in [1.54, 1.807) is 13.8 Å². The molecule has 1 saturated heterocycles. The van der Waals surface area contributed by atoms with E-state index in [0.717, 1.165) is 11.1 Å². The van der Waals surface area contributed by atoms with E-state index >= 15 is 0 Å². The molecule has 10 heteroatoms. The largest absolute Gasteiger partial charge is 0.467 e. The molecule has 0 radical (unpaired) electrons. The van der Waals surface area contributed by atoms with Crippen molar-refractivity contribution in [3.63, 3.8) is 0 Å². The predicted octanol–water partition coefficient (Wildman–Crippen LogP) is 4.50. The average Bonchev–Trinajstić information content (AvgIpc) is 3.27. The fourth-order valence-corrected chi connectivity index (χ4v) is 6.78. The monoisotopic (exact) mass is 582 g/mol. The number of benzene rings is 2. The van der Waals surface area contributed by atoms with Crippen LogP contribution in [0.4, 0.5) is 0 Å². The number of methoxy groups -OCH3 is 1. The normalized spacial score (nSPS) is 27.1. The third-order valence-electron chi connectivity index (χ3n) is 7.12. The van der Waals surface area contributed by atoms with Crippen molar-refractivity contribution in [1.29, 1.82) is 0 Å². The first-order valence-corrected chi connectivity index (χ1v) is 17.2. The number of hydrogen-bond acceptors (Lipinski definition) is 9. The molecule has 2 aliphatic heterocycles. The summed E-state index contributed by atoms with van der Waals surface area (Å²) in [6.07, 6.45) is 0.505. The van der Waals surface area contributed by atoms with E-state index in [-0.39, 0.29) is 31.6 Å². The number of ether oxygens (including phenoxy) is 5. The third-order valence-corrected chi connectivity index (χ3v) is 8.05. The molecule has 4 rings (SSSR count). The molecule has 0 N–H and O–H groups in total. The standard InChI is InChI=1S/C31H38O9Si/c1-7-30-24(26(32)37-21-23-17-13-10-14-18-23)20-29(39-30,27(33)36-8-2)31(28(34)35-3,40-41(4,5)6)25(38-30)19-22-15-11-9-12-16-22/h9-18,20,25H,7-8,19,21H2,1-6H3/t25-,29+,30+,31-/m1/s1. The fraction of sp³-hybridized carbons (Fsp3) is 0.452. The van der Waals surface area contributed by atoms with Crippen LogP contribution in [0.25, 0.3) is 0 Å². The molecule has 0 unspecified atom stereocenters. The van der Waals surface area contributed by atoms with Crippen LogP contribution in [0.3, 0.4) is 0 Å². The minimum absolute atomic E-state index is 0.000889. The molecule has 2 heterocycles. The molecular weight excluding hydrogens is 544 g/mol. The van der Waals surface area contributed by atoms with E-state index in [4.69, 9.17) is 28.1 Å². The minimum Gasteiger partial charge on any atom is -0.467 e. The van der Waals surface area contributed by atoms with Gasteiger partial charge in [0, 0.05) is 12.8 Å². The van der Waals surface area contributed by atoms with Gasteiger partial charge in [-0.25, -0.2) is 14.4 Å². The molecule has 0 aliphatic carbocycles. The first-order chi connectivity index (χ1) is 19.5. The second-order valence-electron chi connectivity index (χ2n) is 11.0. The number of fused-ring (bicyclic) bond motifs is 2. The van der Waals surface area contributed by atoms with E-state index < -0.39 is 49.3 Å². The summed E-state index contributed by atoms with van der Waals surface area (Å²) in [7, 11) is -1.45. The summed E-state index contributed by atoms with van der Waals surface area (Å²) in [6, 6.07) is 18.6. The maximum Gasteiger partial charge on any atom is 0.346 e. The summed E-state index contributed by atoms with van der Waals surface area (Å²) in [6.45, 7) is 9.05. The van der Waals surface area contributed by atoms with E-state index in [2.05, 4.69) is 0 Å². The molecule has 220 valence electrons. The lowest BCUT2D eigenvalue weighted by Gasteiger charge is -2.55. The molecule has 4 atom stereocenters. The lowest BCUT2D eigenvalue weighted by atomic mass is 9.75. The third kappa shape index (κ3) is 5.61. The molecule has 1 fully saturated rings. The van der Waals surface area contributed by atoms with Crippen molar-refractivity contribution in [2.75, 3.05) is 13.7 Å². The molecule has 41 heavy (non-hydrogen) atoms. The molecule has 2 aliphatic rings. The maximum absolute atomic E-state index is 14.0. The molecule has 2 aromatic carbocycles. The van der Waals surface area contributed by atoms with Crippen LogP contribution in [0.2, 0.25) is 19.6 Å². The fourth-order valence-electron chi connectivity index (χ4n) is 5.45. The predicted molar refractivity (Wildman–Crippen MR) is 152 cm³/mol. The molecule has 0 amide bonds. The van der Waals surface area contributed by atoms with Gasteiger partial charge in [-0.3, -0.25) is 0 Å². The van der Waals surface area contributed by atoms with E-state index in [1.807, 2.05) is 80.3 Å². The highest BCUT2D eigenvalue weighted by molar-refractivity contribution is 6.70. The van der Waals surface area contributed by atoms with Gasteiger partial charge in [-0.15, -0.1) is 0 Å². The highest BCUT2D eigenvalue weighted by atomic mass is 28.4. The van der Waals surface area contributed by atoms with Crippen LogP contribution >= 0.6 is 0 Å². The van der Waals surface area contributed by atoms with Gasteiger partial charge >= 0.3 is 17.9 Å². The van der Waals surface area contributed by atoms with Gasteiger partial charge in [0.1, 0.15) is 12.7 Å². The average molecular weight is 583 g/mol. The van der Waals surface area contributed by atoms with E-state index in [1.165, 1.54) is 13.2 Å². The van der Waals surface area contributed by atoms with Crippen LogP contribution in [0, 0.1) is 0 Å². The van der Waals surface area contributed by atoms with Crippen LogP contribution in [-0.4, -0.2) is 63.0 Å². The minimum atomic E-state index is -2.67. The van der Waals surface area contributed by atoms with Crippen molar-refractivity contribution in [3.05, 3.63) is 83.4 Å². The van der Waals surface area contributed by atoms with Gasteiger partial charge in [-0.05, 0) is 43.8 Å². The second kappa shape index (κ2) is 11.9. The Bertz CT molecular complexity index is 1290. The van der Waals surface area contributed by atoms with E-state index in [0.29, 0.717) is 0 Å². The number of hydrogen-bond donors (Lipinski definition) is 0. The summed E-state index contributed by atoms with van der Waals surface area (Å²) in [5.74, 6) is -4.20. The quantitative estimate of drug-likeness (QED) is 0.215. The zero-order valence-electron chi connectivity index (χ0n) is 24.4. The molecule has 2 bridgehead atoms. The Morgan fingerprint density at radius 2 is 1.49 bits per heavy atom. The highest BCUT2D eigenvalue weighted by Gasteiger charge is 2.79. The van der Waals surface area contributed by atoms with Crippen molar-refractivity contribution in [1.82, 2.24) is 0 Å². The van der Waals surface area contributed by atoms with Gasteiger partial charge < -0.3 is 28.1 Å². The Morgan fingerprint density at radius 3 is 2.02 bits per heavy atom. The lowest BCUT2D eigenvalue weighted by molar-refractivity contribution is -0.356. The van der Waals surface area contributed by atoms with Crippen molar-refractivity contribution in [2.24, 2.45) is 0 Å². The van der Waals surface area contributed by atoms with Crippen LogP contribution in [0.15, 0.2) is 72.3 Å². The molecule has 0 aromatic heterocycles. The number of carbonyl (C=O) groups is 3. The lowest BCUT2D eigenvalue weighted by Crippen LogP contribution is -2.77. The Labute approximate surface area is 241 Å². The molecule has 2 aromatic rings. The second-order valence-corrected chi connectivity index (χ2v) is 15.5. The maximum atomic E-state index is 14.0. The van der Waals surface area contributed by atoms with Gasteiger partial charge in [0.15, 0.2) is 8.32 Å². The Hall–Kier alpha value is -3.31. The van der Waals surface area contributed by atoms with Gasteiger partial charge in [0.05, 0.1) is 19.3 Å². The van der Waals surface area contributed by atoms with Crippen molar-refractivity contribution in [3.8, 4) is 0 Å². The first-order valence-electron chi connectivity index (χ1n) is 13.8. The zero-order chi connectivity index (χ0) is 29.9. The van der Waals surface area contributed by atoms with Crippen LogP contribution in [0.1, 0.15) is 31.4 Å². The van der Waals surface area contributed by atoms with E-state index in [9.17, 15) is 14.4 Å². The zero-order valence-corrected chi connectivity index (χ0v) is 25.4. The smallest absolute Gasteiger partial charge is 0.346 e. The summed E-state index contributed by atoms with van der Waals surface area (Å²) >= 11 is 0. The summed E-state index contributed by atoms with van der Waals surface area (Å²) < 4.78 is 36.3. The van der Waals surface area contributed by atoms with Crippen molar-refractivity contribution < 1.29 is 42.5 Å². The Kier molecular flexibility index (Phi) is 8.89. The number of carbonyl (C=O) groups excluding carboxylic acids is 3. The number of rotatable bonds is 11. The van der Waals surface area contributed by atoms with Crippen LogP contribution < -0.4 is 0 Å². The number of esters is 3. The summed E-state index contributed by atoms with van der Waals surface area (Å²) in [5.41, 5.74) is -2.75. The highest BCUT2D eigenvalue weighted by Crippen LogP contribution is 2.56. The molecule has 0 saturated carbocycles. The topological polar surface area (TPSA) is 107 Å². The van der Waals surface area contributed by atoms with Gasteiger partial charge in [-0.1, -0.05) is 67.6 Å².